The Morgan fingerprint density at radius 2 is 2.12 bits per heavy atom. The molecule has 1 atom stereocenters. The van der Waals surface area contributed by atoms with Crippen molar-refractivity contribution in [2.24, 2.45) is 11.7 Å². The molecule has 0 fully saturated rings. The van der Waals surface area contributed by atoms with Crippen LogP contribution in [0.25, 0.3) is 0 Å². The van der Waals surface area contributed by atoms with E-state index in [0.717, 1.165) is 35.1 Å². The number of pyridine rings is 1. The molecule has 16 heavy (non-hydrogen) atoms. The number of nitrogens with zero attached hydrogens (tertiary/aromatic N) is 1. The lowest BCUT2D eigenvalue weighted by Crippen LogP contribution is -2.26. The number of aromatic nitrogens is 1. The fourth-order valence-corrected chi connectivity index (χ4v) is 2.43. The standard InChI is InChI=1S/C12H21N3S/c1-9(2)7-16-8-11(13)5-10-6-15-4-3-12(10)14/h3-4,6,9,11H,5,7-8,13H2,1-2H3,(H2,14,15). The predicted molar refractivity (Wildman–Crippen MR) is 72.5 cm³/mol. The minimum Gasteiger partial charge on any atom is -0.398 e. The van der Waals surface area contributed by atoms with E-state index in [1.54, 1.807) is 6.20 Å². The summed E-state index contributed by atoms with van der Waals surface area (Å²) in [7, 11) is 0. The molecule has 1 aromatic rings. The maximum Gasteiger partial charge on any atom is 0.0378 e. The summed E-state index contributed by atoms with van der Waals surface area (Å²) in [4.78, 5) is 4.06. The Labute approximate surface area is 102 Å². The zero-order valence-corrected chi connectivity index (χ0v) is 10.8. The summed E-state index contributed by atoms with van der Waals surface area (Å²) < 4.78 is 0. The smallest absolute Gasteiger partial charge is 0.0378 e. The van der Waals surface area contributed by atoms with E-state index in [4.69, 9.17) is 11.5 Å². The Hall–Kier alpha value is -0.740. The van der Waals surface area contributed by atoms with E-state index in [1.165, 1.54) is 0 Å². The van der Waals surface area contributed by atoms with Crippen molar-refractivity contribution in [1.29, 1.82) is 0 Å². The number of rotatable bonds is 6. The molecule has 0 saturated carbocycles. The highest BCUT2D eigenvalue weighted by molar-refractivity contribution is 7.99. The molecular weight excluding hydrogens is 218 g/mol. The first-order chi connectivity index (χ1) is 7.59. The number of hydrogen-bond acceptors (Lipinski definition) is 4. The van der Waals surface area contributed by atoms with E-state index in [-0.39, 0.29) is 6.04 Å². The second-order valence-corrected chi connectivity index (χ2v) is 5.54. The zero-order chi connectivity index (χ0) is 12.0. The predicted octanol–water partition coefficient (Wildman–Crippen LogP) is 1.92. The van der Waals surface area contributed by atoms with Crippen molar-refractivity contribution in [1.82, 2.24) is 4.98 Å². The van der Waals surface area contributed by atoms with Crippen molar-refractivity contribution in [3.63, 3.8) is 0 Å². The lowest BCUT2D eigenvalue weighted by molar-refractivity contribution is 0.731. The van der Waals surface area contributed by atoms with E-state index in [1.807, 2.05) is 24.0 Å². The van der Waals surface area contributed by atoms with Crippen LogP contribution in [0.5, 0.6) is 0 Å². The van der Waals surface area contributed by atoms with Crippen LogP contribution in [0.3, 0.4) is 0 Å². The molecule has 0 aliphatic rings. The quantitative estimate of drug-likeness (QED) is 0.796. The molecule has 1 unspecified atom stereocenters. The van der Waals surface area contributed by atoms with Crippen LogP contribution in [0.15, 0.2) is 18.5 Å². The van der Waals surface area contributed by atoms with Crippen molar-refractivity contribution in [2.75, 3.05) is 17.2 Å². The molecule has 0 radical (unpaired) electrons. The van der Waals surface area contributed by atoms with E-state index < -0.39 is 0 Å². The minimum atomic E-state index is 0.162. The van der Waals surface area contributed by atoms with Gasteiger partial charge in [0, 0.05) is 29.9 Å². The highest BCUT2D eigenvalue weighted by Crippen LogP contribution is 2.14. The van der Waals surface area contributed by atoms with Crippen LogP contribution in [-0.4, -0.2) is 22.5 Å². The molecule has 3 nitrogen and oxygen atoms in total. The maximum absolute atomic E-state index is 6.06. The summed E-state index contributed by atoms with van der Waals surface area (Å²) in [6.45, 7) is 4.44. The van der Waals surface area contributed by atoms with Gasteiger partial charge >= 0.3 is 0 Å². The Kier molecular flexibility index (Phi) is 5.63. The summed E-state index contributed by atoms with van der Waals surface area (Å²) in [5.41, 5.74) is 13.7. The van der Waals surface area contributed by atoms with Crippen molar-refractivity contribution in [2.45, 2.75) is 26.3 Å². The Bertz CT molecular complexity index is 315. The summed E-state index contributed by atoms with van der Waals surface area (Å²) in [6, 6.07) is 1.98. The van der Waals surface area contributed by atoms with Crippen molar-refractivity contribution < 1.29 is 0 Å². The molecule has 0 aliphatic heterocycles. The molecule has 0 bridgehead atoms. The van der Waals surface area contributed by atoms with Gasteiger partial charge in [-0.3, -0.25) is 4.98 Å². The minimum absolute atomic E-state index is 0.162. The third-order valence-electron chi connectivity index (χ3n) is 2.21. The lowest BCUT2D eigenvalue weighted by atomic mass is 10.1. The third-order valence-corrected chi connectivity index (χ3v) is 3.77. The first kappa shape index (κ1) is 13.3. The van der Waals surface area contributed by atoms with Crippen LogP contribution < -0.4 is 11.5 Å². The first-order valence-corrected chi connectivity index (χ1v) is 6.76. The summed E-state index contributed by atoms with van der Waals surface area (Å²) in [5, 5.41) is 0. The lowest BCUT2D eigenvalue weighted by Gasteiger charge is -2.13. The largest absolute Gasteiger partial charge is 0.398 e. The van der Waals surface area contributed by atoms with Crippen molar-refractivity contribution >= 4 is 17.4 Å². The molecule has 1 aromatic heterocycles. The van der Waals surface area contributed by atoms with Gasteiger partial charge in [0.15, 0.2) is 0 Å². The van der Waals surface area contributed by atoms with Gasteiger partial charge in [-0.05, 0) is 29.7 Å². The molecule has 0 spiro atoms. The fourth-order valence-electron chi connectivity index (χ4n) is 1.40. The number of nitrogens with two attached hydrogens (primary N) is 2. The van der Waals surface area contributed by atoms with Gasteiger partial charge in [0.05, 0.1) is 0 Å². The van der Waals surface area contributed by atoms with E-state index in [9.17, 15) is 0 Å². The SMILES string of the molecule is CC(C)CSCC(N)Cc1cnccc1N. The van der Waals surface area contributed by atoms with Crippen LogP contribution in [-0.2, 0) is 6.42 Å². The van der Waals surface area contributed by atoms with Gasteiger partial charge < -0.3 is 11.5 Å². The highest BCUT2D eigenvalue weighted by Gasteiger charge is 2.07. The maximum atomic E-state index is 6.06. The molecule has 0 amide bonds. The second kappa shape index (κ2) is 6.76. The molecule has 0 saturated heterocycles. The van der Waals surface area contributed by atoms with Crippen LogP contribution in [0.2, 0.25) is 0 Å². The van der Waals surface area contributed by atoms with Crippen molar-refractivity contribution in [3.8, 4) is 0 Å². The van der Waals surface area contributed by atoms with Crippen LogP contribution in [0.1, 0.15) is 19.4 Å². The normalized spacial score (nSPS) is 13.0. The Morgan fingerprint density at radius 1 is 1.38 bits per heavy atom. The molecule has 1 rings (SSSR count). The Balaban J connectivity index is 2.34. The van der Waals surface area contributed by atoms with Gasteiger partial charge in [0.1, 0.15) is 0 Å². The highest BCUT2D eigenvalue weighted by atomic mass is 32.2. The molecular formula is C12H21N3S. The van der Waals surface area contributed by atoms with Crippen LogP contribution in [0, 0.1) is 5.92 Å². The average molecular weight is 239 g/mol. The molecule has 4 heteroatoms. The number of thioether (sulfide) groups is 1. The fraction of sp³-hybridized carbons (Fsp3) is 0.583. The van der Waals surface area contributed by atoms with Crippen LogP contribution in [0.4, 0.5) is 5.69 Å². The number of hydrogen-bond donors (Lipinski definition) is 2. The number of anilines is 1. The van der Waals surface area contributed by atoms with Gasteiger partial charge in [0.25, 0.3) is 0 Å². The monoisotopic (exact) mass is 239 g/mol. The van der Waals surface area contributed by atoms with Gasteiger partial charge in [-0.25, -0.2) is 0 Å². The molecule has 0 aliphatic carbocycles. The Morgan fingerprint density at radius 3 is 2.75 bits per heavy atom. The molecule has 4 N–H and O–H groups in total. The first-order valence-electron chi connectivity index (χ1n) is 5.61. The van der Waals surface area contributed by atoms with Gasteiger partial charge in [0.2, 0.25) is 0 Å². The molecule has 0 aromatic carbocycles. The third kappa shape index (κ3) is 4.86. The van der Waals surface area contributed by atoms with Crippen LogP contribution >= 0.6 is 11.8 Å². The average Bonchev–Trinajstić information content (AvgIpc) is 2.21. The summed E-state index contributed by atoms with van der Waals surface area (Å²) >= 11 is 1.91. The van der Waals surface area contributed by atoms with E-state index in [0.29, 0.717) is 0 Å². The van der Waals surface area contributed by atoms with Gasteiger partial charge in [-0.15, -0.1) is 0 Å². The molecule has 90 valence electrons. The van der Waals surface area contributed by atoms with Gasteiger partial charge in [-0.1, -0.05) is 13.8 Å². The van der Waals surface area contributed by atoms with E-state index in [2.05, 4.69) is 18.8 Å². The van der Waals surface area contributed by atoms with Gasteiger partial charge in [-0.2, -0.15) is 11.8 Å². The topological polar surface area (TPSA) is 64.9 Å². The second-order valence-electron chi connectivity index (χ2n) is 4.47. The summed E-state index contributed by atoms with van der Waals surface area (Å²) in [6.07, 6.45) is 4.32. The number of nitrogen functional groups attached to an aromatic ring is 1. The summed E-state index contributed by atoms with van der Waals surface area (Å²) in [5.74, 6) is 2.86. The van der Waals surface area contributed by atoms with Crippen molar-refractivity contribution in [3.05, 3.63) is 24.0 Å². The zero-order valence-electron chi connectivity index (χ0n) is 10.0. The molecule has 1 heterocycles. The van der Waals surface area contributed by atoms with E-state index >= 15 is 0 Å².